The minimum absolute atomic E-state index is 0.0842. The van der Waals surface area contributed by atoms with Crippen LogP contribution in [-0.2, 0) is 28.6 Å². The quantitative estimate of drug-likeness (QED) is 0.0357. The minimum atomic E-state index is -1.67. The molecule has 0 aromatic rings. The predicted octanol–water partition coefficient (Wildman–Crippen LogP) is 8.06. The summed E-state index contributed by atoms with van der Waals surface area (Å²) in [4.78, 5) is 40.0. The van der Waals surface area contributed by atoms with Gasteiger partial charge in [-0.15, -0.1) is 0 Å². The lowest BCUT2D eigenvalue weighted by molar-refractivity contribution is -0.180. The molecule has 1 fully saturated rings. The maximum absolute atomic E-state index is 12.8. The Hall–Kier alpha value is -1.67. The average Bonchev–Trinajstić information content (AvgIpc) is 2.99. The van der Waals surface area contributed by atoms with Crippen LogP contribution >= 0.6 is 0 Å². The van der Waals surface area contributed by atoms with Crippen LogP contribution in [0.25, 0.3) is 0 Å². The van der Waals surface area contributed by atoms with E-state index in [1.165, 1.54) is 103 Å². The van der Waals surface area contributed by atoms with E-state index in [2.05, 4.69) is 13.8 Å². The van der Waals surface area contributed by atoms with Crippen molar-refractivity contribution >= 4 is 17.9 Å². The van der Waals surface area contributed by atoms with Gasteiger partial charge in [-0.1, -0.05) is 142 Å². The van der Waals surface area contributed by atoms with Gasteiger partial charge in [-0.2, -0.15) is 0 Å². The molecule has 0 aromatic carbocycles. The van der Waals surface area contributed by atoms with Gasteiger partial charge in [0.1, 0.15) is 0 Å². The molecule has 0 saturated carbocycles. The molecule has 8 heteroatoms. The molecule has 0 atom stereocenters. The van der Waals surface area contributed by atoms with Crippen LogP contribution in [0.1, 0.15) is 168 Å². The summed E-state index contributed by atoms with van der Waals surface area (Å²) in [6, 6.07) is 0. The highest BCUT2D eigenvalue weighted by Gasteiger charge is 2.34. The molecule has 258 valence electrons. The molecule has 1 N–H and O–H groups in total. The molecule has 0 aliphatic carbocycles. The summed E-state index contributed by atoms with van der Waals surface area (Å²) in [5.74, 6) is -2.31. The second kappa shape index (κ2) is 28.8. The summed E-state index contributed by atoms with van der Waals surface area (Å²) in [5.41, 5.74) is 0. The van der Waals surface area contributed by atoms with Crippen LogP contribution in [0.2, 0.25) is 0 Å². The van der Waals surface area contributed by atoms with Crippen molar-refractivity contribution < 1.29 is 33.7 Å². The lowest BCUT2D eigenvalue weighted by Gasteiger charge is -2.35. The Balaban J connectivity index is 2.28. The zero-order chi connectivity index (χ0) is 32.1. The highest BCUT2D eigenvalue weighted by Crippen LogP contribution is 2.14. The van der Waals surface area contributed by atoms with E-state index in [0.29, 0.717) is 26.1 Å². The maximum atomic E-state index is 12.8. The summed E-state index contributed by atoms with van der Waals surface area (Å²) in [6.07, 6.45) is 24.8. The van der Waals surface area contributed by atoms with Gasteiger partial charge in [0.25, 0.3) is 6.10 Å². The first kappa shape index (κ1) is 40.4. The number of likely N-dealkylation sites (tertiary alicyclic amines) is 1. The van der Waals surface area contributed by atoms with Crippen molar-refractivity contribution in [3.63, 3.8) is 0 Å². The Morgan fingerprint density at radius 2 is 0.955 bits per heavy atom. The van der Waals surface area contributed by atoms with Crippen LogP contribution < -0.4 is 0 Å². The number of unbranched alkanes of at least 4 members (excludes halogenated alkanes) is 20. The molecule has 0 spiro atoms. The Kier molecular flexibility index (Phi) is 26.4. The number of carbonyl (C=O) groups excluding carboxylic acids is 3. The van der Waals surface area contributed by atoms with E-state index in [9.17, 15) is 19.5 Å². The van der Waals surface area contributed by atoms with Gasteiger partial charge in [-0.25, -0.2) is 9.59 Å². The summed E-state index contributed by atoms with van der Waals surface area (Å²) in [7, 11) is 0. The highest BCUT2D eigenvalue weighted by molar-refractivity contribution is 5.99. The van der Waals surface area contributed by atoms with Gasteiger partial charge in [0.05, 0.1) is 19.3 Å². The third-order valence-corrected chi connectivity index (χ3v) is 8.46. The topological polar surface area (TPSA) is 102 Å². The largest absolute Gasteiger partial charge is 0.462 e. The van der Waals surface area contributed by atoms with Crippen molar-refractivity contribution in [2.24, 2.45) is 0 Å². The summed E-state index contributed by atoms with van der Waals surface area (Å²) in [5, 5.41) is 9.40. The van der Waals surface area contributed by atoms with E-state index in [0.717, 1.165) is 38.5 Å². The first-order chi connectivity index (χ1) is 21.5. The zero-order valence-electron chi connectivity index (χ0n) is 28.5. The normalized spacial score (nSPS) is 13.6. The number of aliphatic hydroxyl groups is 1. The van der Waals surface area contributed by atoms with Crippen LogP contribution in [0.15, 0.2) is 0 Å². The van der Waals surface area contributed by atoms with E-state index in [4.69, 9.17) is 14.2 Å². The molecule has 1 heterocycles. The number of hydrogen-bond donors (Lipinski definition) is 1. The Morgan fingerprint density at radius 1 is 0.591 bits per heavy atom. The molecule has 0 unspecified atom stereocenters. The zero-order valence-corrected chi connectivity index (χ0v) is 28.5. The summed E-state index contributed by atoms with van der Waals surface area (Å²) >= 11 is 0. The van der Waals surface area contributed by atoms with E-state index in [1.54, 1.807) is 0 Å². The Morgan fingerprint density at radius 3 is 1.32 bits per heavy atom. The number of hydrogen-bond acceptors (Lipinski definition) is 8. The molecule has 1 aliphatic heterocycles. The smallest absolute Gasteiger partial charge is 0.359 e. The minimum Gasteiger partial charge on any atom is -0.462 e. The fourth-order valence-corrected chi connectivity index (χ4v) is 5.58. The Bertz CT molecular complexity index is 671. The lowest BCUT2D eigenvalue weighted by atomic mass is 10.1. The van der Waals surface area contributed by atoms with Crippen LogP contribution in [0.3, 0.4) is 0 Å². The molecule has 0 radical (unpaired) electrons. The van der Waals surface area contributed by atoms with Crippen LogP contribution in [0, 0.1) is 0 Å². The van der Waals surface area contributed by atoms with Crippen molar-refractivity contribution in [3.8, 4) is 0 Å². The van der Waals surface area contributed by atoms with Crippen LogP contribution in [0.5, 0.6) is 0 Å². The van der Waals surface area contributed by atoms with Gasteiger partial charge >= 0.3 is 17.9 Å². The number of rotatable bonds is 31. The molecule has 44 heavy (non-hydrogen) atoms. The fourth-order valence-electron chi connectivity index (χ4n) is 5.58. The van der Waals surface area contributed by atoms with Gasteiger partial charge in [0.15, 0.2) is 0 Å². The van der Waals surface area contributed by atoms with Crippen molar-refractivity contribution in [3.05, 3.63) is 0 Å². The highest BCUT2D eigenvalue weighted by atomic mass is 16.6. The first-order valence-corrected chi connectivity index (χ1v) is 18.4. The lowest BCUT2D eigenvalue weighted by Crippen LogP contribution is -2.50. The van der Waals surface area contributed by atoms with Crippen molar-refractivity contribution in [2.75, 3.05) is 32.8 Å². The second-order valence-corrected chi connectivity index (χ2v) is 12.8. The number of carbonyl (C=O) groups is 3. The monoisotopic (exact) mass is 625 g/mol. The van der Waals surface area contributed by atoms with E-state index in [-0.39, 0.29) is 25.7 Å². The van der Waals surface area contributed by atoms with Gasteiger partial charge in [-0.3, -0.25) is 9.69 Å². The van der Waals surface area contributed by atoms with Gasteiger partial charge < -0.3 is 19.3 Å². The molecular formula is C36H67NO7. The van der Waals surface area contributed by atoms with Crippen molar-refractivity contribution in [2.45, 2.75) is 180 Å². The molecule has 8 nitrogen and oxygen atoms in total. The molecule has 1 saturated heterocycles. The number of esters is 3. The molecule has 0 amide bonds. The third kappa shape index (κ3) is 22.8. The summed E-state index contributed by atoms with van der Waals surface area (Å²) in [6.45, 7) is 6.74. The Labute approximate surface area is 269 Å². The van der Waals surface area contributed by atoms with E-state index < -0.39 is 24.0 Å². The number of aliphatic hydroxyl groups excluding tert-OH is 1. The number of ether oxygens (including phenoxy) is 3. The van der Waals surface area contributed by atoms with Crippen molar-refractivity contribution in [1.82, 2.24) is 4.90 Å². The first-order valence-electron chi connectivity index (χ1n) is 18.4. The van der Waals surface area contributed by atoms with E-state index >= 15 is 0 Å². The van der Waals surface area contributed by atoms with Gasteiger partial charge in [-0.05, 0) is 25.8 Å². The van der Waals surface area contributed by atoms with E-state index in [1.807, 2.05) is 4.90 Å². The molecule has 1 rings (SSSR count). The van der Waals surface area contributed by atoms with Gasteiger partial charge in [0.2, 0.25) is 0 Å². The number of β-amino-alcohol motifs (C(OH)–C–C–N with tert-alkyl or cyclic N) is 1. The van der Waals surface area contributed by atoms with Crippen molar-refractivity contribution in [1.29, 1.82) is 0 Å². The van der Waals surface area contributed by atoms with Crippen LogP contribution in [0.4, 0.5) is 0 Å². The molecular weight excluding hydrogens is 558 g/mol. The third-order valence-electron chi connectivity index (χ3n) is 8.46. The van der Waals surface area contributed by atoms with Gasteiger partial charge in [0, 0.05) is 19.5 Å². The summed E-state index contributed by atoms with van der Waals surface area (Å²) < 4.78 is 16.0. The SMILES string of the molecule is CCCCCCCCCCCCCOC(=O)C(OC(=O)CCCN1CC(O)C1)C(=O)OCCCCCCCCCCCCC. The second-order valence-electron chi connectivity index (χ2n) is 12.8. The predicted molar refractivity (Wildman–Crippen MR) is 176 cm³/mol. The molecule has 0 aromatic heterocycles. The van der Waals surface area contributed by atoms with Crippen LogP contribution in [-0.4, -0.2) is 73.0 Å². The number of nitrogens with zero attached hydrogens (tertiary/aromatic N) is 1. The molecule has 0 bridgehead atoms. The average molecular weight is 626 g/mol. The fraction of sp³-hybridized carbons (Fsp3) is 0.917. The standard InChI is InChI=1S/C36H67NO7/c1-3-5-7-9-11-13-15-17-19-21-23-28-42-35(40)34(44-33(39)26-25-27-37-30-32(38)31-37)36(41)43-29-24-22-20-18-16-14-12-10-8-6-4-2/h32,34,38H,3-31H2,1-2H3. The maximum Gasteiger partial charge on any atom is 0.359 e. The molecule has 1 aliphatic rings.